The molecule has 0 aromatic rings. The quantitative estimate of drug-likeness (QED) is 0.371. The zero-order valence-electron chi connectivity index (χ0n) is 16.6. The molecule has 2 saturated heterocycles. The van der Waals surface area contributed by atoms with E-state index in [0.29, 0.717) is 13.2 Å². The molecule has 5 nitrogen and oxygen atoms in total. The van der Waals surface area contributed by atoms with Crippen molar-refractivity contribution in [3.63, 3.8) is 0 Å². The Morgan fingerprint density at radius 1 is 1.57 bits per heavy atom. The average molecular weight is 363 g/mol. The molecule has 0 N–H and O–H groups in total. The number of hydrogen-bond donors (Lipinski definition) is 0. The Hall–Kier alpha value is 0.110. The van der Waals surface area contributed by atoms with Crippen LogP contribution in [0.2, 0.25) is 0 Å². The van der Waals surface area contributed by atoms with Crippen LogP contribution in [0, 0.1) is 6.57 Å². The first-order chi connectivity index (χ1) is 11.8. The molecule has 0 aromatic heterocycles. The monoisotopic (exact) mass is 363 g/mol. The highest BCUT2D eigenvalue weighted by Gasteiger charge is 2.59. The molecule has 23 heavy (non-hydrogen) atoms. The molecule has 6 atom stereocenters. The lowest BCUT2D eigenvalue weighted by Crippen LogP contribution is -2.43. The number of fused-ring (bicyclic) bond motifs is 2. The summed E-state index contributed by atoms with van der Waals surface area (Å²) in [6.07, 6.45) is -0.327. The van der Waals surface area contributed by atoms with Gasteiger partial charge in [-0.1, -0.05) is 6.92 Å². The molecule has 0 amide bonds. The third-order valence-corrected chi connectivity index (χ3v) is 7.70. The first-order valence-corrected chi connectivity index (χ1v) is 10.1. The fourth-order valence-corrected chi connectivity index (χ4v) is 6.25. The van der Waals surface area contributed by atoms with Gasteiger partial charge in [0, 0.05) is 18.7 Å². The normalized spacial score (nSPS) is 38.9. The van der Waals surface area contributed by atoms with E-state index in [1.807, 2.05) is 6.92 Å². The minimum absolute atomic E-state index is 0.0757. The van der Waals surface area contributed by atoms with Crippen LogP contribution < -0.4 is 0 Å². The molecule has 0 saturated carbocycles. The van der Waals surface area contributed by atoms with Crippen molar-refractivity contribution < 1.29 is 16.5 Å². The first kappa shape index (κ1) is 16.6. The topological polar surface area (TPSA) is 35.3 Å². The molecule has 1 unspecified atom stereocenters. The van der Waals surface area contributed by atoms with Crippen molar-refractivity contribution in [2.24, 2.45) is 0 Å². The van der Waals surface area contributed by atoms with Gasteiger partial charge in [0.25, 0.3) is 8.53 Å². The smallest absolute Gasteiger partial charge is 0.259 e. The van der Waals surface area contributed by atoms with Gasteiger partial charge in [-0.25, -0.2) is 11.2 Å². The summed E-state index contributed by atoms with van der Waals surface area (Å²) in [5.41, 5.74) is -0.745. The number of rotatable bonds is 8. The van der Waals surface area contributed by atoms with Crippen LogP contribution in [0.15, 0.2) is 0 Å². The summed E-state index contributed by atoms with van der Waals surface area (Å²) in [4.78, 5) is 3.36. The van der Waals surface area contributed by atoms with Crippen molar-refractivity contribution in [2.75, 3.05) is 19.7 Å². The summed E-state index contributed by atoms with van der Waals surface area (Å²) in [6.45, 7) is 17.4. The van der Waals surface area contributed by atoms with Gasteiger partial charge in [0.15, 0.2) is 0 Å². The molecule has 2 rings (SSSR count). The van der Waals surface area contributed by atoms with Gasteiger partial charge in [0.2, 0.25) is 6.54 Å². The highest BCUT2D eigenvalue weighted by atomic mass is 32.2. The third-order valence-electron chi connectivity index (χ3n) is 4.11. The predicted molar refractivity (Wildman–Crippen MR) is 96.5 cm³/mol. The third kappa shape index (κ3) is 4.03. The zero-order valence-corrected chi connectivity index (χ0v) is 16.3. The molecule has 0 radical (unpaired) electrons. The van der Waals surface area contributed by atoms with Crippen molar-refractivity contribution >= 4 is 20.3 Å². The molecular formula is C16H29N2O3PS. The van der Waals surface area contributed by atoms with Crippen molar-refractivity contribution in [2.45, 2.75) is 75.8 Å². The van der Waals surface area contributed by atoms with Crippen LogP contribution in [0.5, 0.6) is 0 Å². The second-order valence-corrected chi connectivity index (χ2v) is 9.43. The van der Waals surface area contributed by atoms with E-state index in [2.05, 4.69) is 37.2 Å². The van der Waals surface area contributed by atoms with E-state index in [0.717, 1.165) is 0 Å². The van der Waals surface area contributed by atoms with E-state index in [-0.39, 0.29) is 35.6 Å². The lowest BCUT2D eigenvalue weighted by molar-refractivity contribution is -0.0341. The summed E-state index contributed by atoms with van der Waals surface area (Å²) < 4.78 is 36.7. The Balaban J connectivity index is 2.22. The molecule has 2 fully saturated rings. The van der Waals surface area contributed by atoms with Crippen LogP contribution in [-0.4, -0.2) is 58.7 Å². The molecule has 132 valence electrons. The predicted octanol–water partition coefficient (Wildman–Crippen LogP) is 3.95. The van der Waals surface area contributed by atoms with Gasteiger partial charge in [0.05, 0.1) is 13.2 Å². The Bertz CT molecular complexity index is 488. The summed E-state index contributed by atoms with van der Waals surface area (Å²) in [7, 11) is -1.38. The average Bonchev–Trinajstić information content (AvgIpc) is 2.94. The van der Waals surface area contributed by atoms with Crippen molar-refractivity contribution in [3.05, 3.63) is 11.4 Å². The molecule has 2 bridgehead atoms. The Labute approximate surface area is 149 Å². The fourth-order valence-electron chi connectivity index (χ4n) is 2.93. The molecule has 2 heterocycles. The second kappa shape index (κ2) is 7.99. The summed E-state index contributed by atoms with van der Waals surface area (Å²) in [5, 5.41) is 0.0178. The fraction of sp³-hybridized carbons (Fsp3) is 0.938. The van der Waals surface area contributed by atoms with Crippen LogP contribution in [-0.2, 0) is 13.8 Å². The van der Waals surface area contributed by atoms with Crippen LogP contribution >= 0.6 is 20.3 Å². The van der Waals surface area contributed by atoms with Crippen molar-refractivity contribution in [1.82, 2.24) is 4.67 Å². The maximum atomic E-state index is 8.16. The van der Waals surface area contributed by atoms with Gasteiger partial charge in [-0.15, -0.1) is 11.8 Å². The van der Waals surface area contributed by atoms with Crippen LogP contribution in [0.3, 0.4) is 0 Å². The zero-order chi connectivity index (χ0) is 18.8. The number of hydrogen-bond acceptors (Lipinski definition) is 5. The largest absolute Gasteiger partial charge is 0.370 e. The van der Waals surface area contributed by atoms with E-state index < -0.39 is 20.7 Å². The van der Waals surface area contributed by atoms with E-state index in [9.17, 15) is 0 Å². The van der Waals surface area contributed by atoms with Gasteiger partial charge in [0.1, 0.15) is 18.3 Å². The molecule has 7 heteroatoms. The lowest BCUT2D eigenvalue weighted by atomic mass is 9.97. The van der Waals surface area contributed by atoms with E-state index >= 15 is 0 Å². The van der Waals surface area contributed by atoms with Gasteiger partial charge in [-0.2, -0.15) is 0 Å². The van der Waals surface area contributed by atoms with Gasteiger partial charge < -0.3 is 18.6 Å². The molecule has 0 aliphatic carbocycles. The lowest BCUT2D eigenvalue weighted by Gasteiger charge is -2.38. The van der Waals surface area contributed by atoms with Gasteiger partial charge >= 0.3 is 0 Å². The van der Waals surface area contributed by atoms with Crippen LogP contribution in [0.1, 0.15) is 44.3 Å². The minimum Gasteiger partial charge on any atom is -0.370 e. The van der Waals surface area contributed by atoms with E-state index in [4.69, 9.17) is 23.1 Å². The van der Waals surface area contributed by atoms with Gasteiger partial charge in [-0.05, 0) is 34.6 Å². The molecule has 2 aliphatic rings. The molecular weight excluding hydrogens is 331 g/mol. The molecule has 0 spiro atoms. The van der Waals surface area contributed by atoms with E-state index in [1.165, 1.54) is 0 Å². The first-order valence-electron chi connectivity index (χ1n) is 9.33. The van der Waals surface area contributed by atoms with E-state index in [1.54, 1.807) is 11.8 Å². The molecule has 2 aliphatic heterocycles. The summed E-state index contributed by atoms with van der Waals surface area (Å²) >= 11 is 1.68. The van der Waals surface area contributed by atoms with Crippen molar-refractivity contribution in [3.8, 4) is 0 Å². The summed E-state index contributed by atoms with van der Waals surface area (Å²) in [6, 6.07) is 0.450. The Morgan fingerprint density at radius 2 is 2.26 bits per heavy atom. The standard InChI is InChI=1S/C16H29N2O3PS/c1-11(2)18(12(3)4)22(20-9-8-17-7)21-15-14-10-19-16(15,6)13(5)23-14/h11-15H,8-10H2,1-6H3/t13-,14+,15+,16+,22?/m1/s1/i6D,10T/t10-,13-,14+,15+,16+,22?. The van der Waals surface area contributed by atoms with Crippen molar-refractivity contribution in [1.29, 1.82) is 0 Å². The van der Waals surface area contributed by atoms with Gasteiger partial charge in [-0.3, -0.25) is 0 Å². The maximum Gasteiger partial charge on any atom is 0.259 e. The summed E-state index contributed by atoms with van der Waals surface area (Å²) in [5.74, 6) is 0. The van der Waals surface area contributed by atoms with Crippen LogP contribution in [0.4, 0.5) is 0 Å². The maximum absolute atomic E-state index is 8.16. The highest BCUT2D eigenvalue weighted by molar-refractivity contribution is 8.01. The second-order valence-electron chi connectivity index (χ2n) is 6.50. The minimum atomic E-state index is -1.38. The Kier molecular flexibility index (Phi) is 5.76. The Morgan fingerprint density at radius 3 is 2.83 bits per heavy atom. The number of thioether (sulfide) groups is 1. The number of ether oxygens (including phenoxy) is 1. The molecule has 0 aromatic carbocycles. The SMILES string of the molecule is [2H]C[C@]12O[C@H]([3H])[C@H](S[C@@H]1C)[C@@H]2OP(OCC[N+]#[C-])N(C(C)C)C(C)C. The van der Waals surface area contributed by atoms with Crippen LogP contribution in [0.25, 0.3) is 4.85 Å². The highest BCUT2D eigenvalue weighted by Crippen LogP contribution is 2.57. The number of nitrogens with zero attached hydrogens (tertiary/aromatic N) is 2.